The molecule has 2 heterocycles. The molecule has 1 atom stereocenters. The number of nitrogens with zero attached hydrogens (tertiary/aromatic N) is 1. The second kappa shape index (κ2) is 4.99. The van der Waals surface area contributed by atoms with Crippen molar-refractivity contribution in [2.45, 2.75) is 12.5 Å². The van der Waals surface area contributed by atoms with Gasteiger partial charge in [-0.1, -0.05) is 0 Å². The Morgan fingerprint density at radius 1 is 1.50 bits per heavy atom. The fourth-order valence-corrected chi connectivity index (χ4v) is 2.10. The molecular formula is C11H9BrClNO2. The van der Waals surface area contributed by atoms with Crippen LogP contribution >= 0.6 is 27.5 Å². The maximum Gasteiger partial charge on any atom is 0.198 e. The smallest absolute Gasteiger partial charge is 0.198 e. The molecule has 16 heavy (non-hydrogen) atoms. The summed E-state index contributed by atoms with van der Waals surface area (Å²) in [6.07, 6.45) is 4.64. The highest BCUT2D eigenvalue weighted by Gasteiger charge is 2.14. The van der Waals surface area contributed by atoms with Gasteiger partial charge in [0.2, 0.25) is 0 Å². The molecule has 84 valence electrons. The van der Waals surface area contributed by atoms with Gasteiger partial charge in [-0.2, -0.15) is 0 Å². The van der Waals surface area contributed by atoms with Crippen LogP contribution < -0.4 is 0 Å². The third kappa shape index (κ3) is 2.64. The molecule has 2 rings (SSSR count). The number of aliphatic hydroxyl groups excluding tert-OH is 1. The van der Waals surface area contributed by atoms with E-state index in [0.717, 1.165) is 10.0 Å². The van der Waals surface area contributed by atoms with Gasteiger partial charge in [-0.3, -0.25) is 4.98 Å². The number of halogens is 2. The summed E-state index contributed by atoms with van der Waals surface area (Å²) < 4.78 is 5.81. The molecule has 0 amide bonds. The second-order valence-electron chi connectivity index (χ2n) is 3.38. The molecular weight excluding hydrogens is 293 g/mol. The minimum Gasteiger partial charge on any atom is -0.453 e. The van der Waals surface area contributed by atoms with Gasteiger partial charge in [0, 0.05) is 28.9 Å². The number of hydrogen-bond donors (Lipinski definition) is 1. The summed E-state index contributed by atoms with van der Waals surface area (Å²) in [4.78, 5) is 4.03. The molecule has 0 spiro atoms. The minimum absolute atomic E-state index is 0.232. The van der Waals surface area contributed by atoms with E-state index in [0.29, 0.717) is 12.0 Å². The second-order valence-corrected chi connectivity index (χ2v) is 4.64. The van der Waals surface area contributed by atoms with E-state index < -0.39 is 6.10 Å². The molecule has 0 aliphatic heterocycles. The zero-order valence-electron chi connectivity index (χ0n) is 8.23. The normalized spacial score (nSPS) is 12.7. The molecule has 0 saturated heterocycles. The van der Waals surface area contributed by atoms with Crippen LogP contribution in [0.15, 0.2) is 39.7 Å². The van der Waals surface area contributed by atoms with Gasteiger partial charge in [0.15, 0.2) is 5.22 Å². The Balaban J connectivity index is 2.14. The van der Waals surface area contributed by atoms with Crippen molar-refractivity contribution in [2.75, 3.05) is 0 Å². The van der Waals surface area contributed by atoms with Gasteiger partial charge in [-0.25, -0.2) is 0 Å². The first-order chi connectivity index (χ1) is 7.66. The first-order valence-electron chi connectivity index (χ1n) is 4.67. The van der Waals surface area contributed by atoms with Crippen LogP contribution in [0.4, 0.5) is 0 Å². The third-order valence-electron chi connectivity index (χ3n) is 2.20. The standard InChI is InChI=1S/C11H9BrClNO2/c12-8-3-7(5-14-6-8)4-10(15)9-1-2-16-11(9)13/h1-3,5-6,10,15H,4H2. The van der Waals surface area contributed by atoms with Gasteiger partial charge in [0.25, 0.3) is 0 Å². The Morgan fingerprint density at radius 2 is 2.31 bits per heavy atom. The van der Waals surface area contributed by atoms with Crippen LogP contribution in [0.5, 0.6) is 0 Å². The Labute approximate surface area is 106 Å². The summed E-state index contributed by atoms with van der Waals surface area (Å²) in [5.41, 5.74) is 1.53. The van der Waals surface area contributed by atoms with Crippen molar-refractivity contribution < 1.29 is 9.52 Å². The monoisotopic (exact) mass is 301 g/mol. The Kier molecular flexibility index (Phi) is 3.63. The Morgan fingerprint density at radius 3 is 2.94 bits per heavy atom. The Hall–Kier alpha value is -0.840. The first kappa shape index (κ1) is 11.6. The van der Waals surface area contributed by atoms with Crippen LogP contribution in [0, 0.1) is 0 Å². The highest BCUT2D eigenvalue weighted by atomic mass is 79.9. The summed E-state index contributed by atoms with van der Waals surface area (Å²) in [6.45, 7) is 0. The summed E-state index contributed by atoms with van der Waals surface area (Å²) in [5, 5.41) is 10.2. The minimum atomic E-state index is -0.678. The molecule has 0 aliphatic rings. The molecule has 0 radical (unpaired) electrons. The molecule has 5 heteroatoms. The SMILES string of the molecule is OC(Cc1cncc(Br)c1)c1ccoc1Cl. The van der Waals surface area contributed by atoms with Crippen LogP contribution in [0.3, 0.4) is 0 Å². The van der Waals surface area contributed by atoms with E-state index in [2.05, 4.69) is 20.9 Å². The summed E-state index contributed by atoms with van der Waals surface area (Å²) in [6, 6.07) is 3.57. The third-order valence-corrected chi connectivity index (χ3v) is 2.94. The summed E-state index contributed by atoms with van der Waals surface area (Å²) in [5.74, 6) is 0. The molecule has 1 unspecified atom stereocenters. The van der Waals surface area contributed by atoms with Crippen LogP contribution in [0.1, 0.15) is 17.2 Å². The number of pyridine rings is 1. The molecule has 0 aromatic carbocycles. The maximum absolute atomic E-state index is 9.95. The van der Waals surface area contributed by atoms with Gasteiger partial charge in [-0.15, -0.1) is 0 Å². The molecule has 2 aromatic heterocycles. The van der Waals surface area contributed by atoms with Crippen molar-refractivity contribution in [1.29, 1.82) is 0 Å². The van der Waals surface area contributed by atoms with Gasteiger partial charge in [0.1, 0.15) is 0 Å². The molecule has 2 aromatic rings. The lowest BCUT2D eigenvalue weighted by Crippen LogP contribution is -2.01. The van der Waals surface area contributed by atoms with E-state index in [4.69, 9.17) is 16.0 Å². The lowest BCUT2D eigenvalue weighted by molar-refractivity contribution is 0.177. The topological polar surface area (TPSA) is 46.3 Å². The van der Waals surface area contributed by atoms with E-state index in [9.17, 15) is 5.11 Å². The summed E-state index contributed by atoms with van der Waals surface area (Å²) in [7, 11) is 0. The highest BCUT2D eigenvalue weighted by Crippen LogP contribution is 2.26. The van der Waals surface area contributed by atoms with Crippen molar-refractivity contribution in [3.05, 3.63) is 51.6 Å². The van der Waals surface area contributed by atoms with E-state index in [1.54, 1.807) is 18.5 Å². The van der Waals surface area contributed by atoms with Gasteiger partial charge in [-0.05, 0) is 45.2 Å². The summed E-state index contributed by atoms with van der Waals surface area (Å²) >= 11 is 9.11. The maximum atomic E-state index is 9.95. The first-order valence-corrected chi connectivity index (χ1v) is 5.84. The van der Waals surface area contributed by atoms with Gasteiger partial charge < -0.3 is 9.52 Å². The lowest BCUT2D eigenvalue weighted by atomic mass is 10.1. The molecule has 0 fully saturated rings. The van der Waals surface area contributed by atoms with Crippen LogP contribution in [-0.4, -0.2) is 10.1 Å². The van der Waals surface area contributed by atoms with E-state index >= 15 is 0 Å². The molecule has 1 N–H and O–H groups in total. The zero-order valence-corrected chi connectivity index (χ0v) is 10.6. The van der Waals surface area contributed by atoms with E-state index in [1.165, 1.54) is 6.26 Å². The predicted molar refractivity (Wildman–Crippen MR) is 64.3 cm³/mol. The Bertz CT molecular complexity index is 486. The van der Waals surface area contributed by atoms with Crippen LogP contribution in [0.25, 0.3) is 0 Å². The highest BCUT2D eigenvalue weighted by molar-refractivity contribution is 9.10. The van der Waals surface area contributed by atoms with E-state index in [-0.39, 0.29) is 5.22 Å². The quantitative estimate of drug-likeness (QED) is 0.945. The van der Waals surface area contributed by atoms with Crippen molar-refractivity contribution in [2.24, 2.45) is 0 Å². The van der Waals surface area contributed by atoms with Gasteiger partial charge >= 0.3 is 0 Å². The molecule has 0 aliphatic carbocycles. The van der Waals surface area contributed by atoms with Crippen molar-refractivity contribution in [3.63, 3.8) is 0 Å². The fourth-order valence-electron chi connectivity index (χ4n) is 1.44. The number of hydrogen-bond acceptors (Lipinski definition) is 3. The predicted octanol–water partition coefficient (Wildman–Crippen LogP) is 3.37. The average molecular weight is 303 g/mol. The number of rotatable bonds is 3. The lowest BCUT2D eigenvalue weighted by Gasteiger charge is -2.08. The van der Waals surface area contributed by atoms with Gasteiger partial charge in [0.05, 0.1) is 12.4 Å². The molecule has 0 bridgehead atoms. The van der Waals surface area contributed by atoms with Crippen molar-refractivity contribution >= 4 is 27.5 Å². The molecule has 0 saturated carbocycles. The number of furan rings is 1. The van der Waals surface area contributed by atoms with Crippen molar-refractivity contribution in [1.82, 2.24) is 4.98 Å². The number of aliphatic hydroxyl groups is 1. The zero-order chi connectivity index (χ0) is 11.5. The fraction of sp³-hybridized carbons (Fsp3) is 0.182. The van der Waals surface area contributed by atoms with Crippen LogP contribution in [-0.2, 0) is 6.42 Å². The number of aromatic nitrogens is 1. The van der Waals surface area contributed by atoms with Crippen LogP contribution in [0.2, 0.25) is 5.22 Å². The largest absolute Gasteiger partial charge is 0.453 e. The molecule has 3 nitrogen and oxygen atoms in total. The van der Waals surface area contributed by atoms with E-state index in [1.807, 2.05) is 6.07 Å². The van der Waals surface area contributed by atoms with Crippen molar-refractivity contribution in [3.8, 4) is 0 Å². The average Bonchev–Trinajstić information content (AvgIpc) is 2.64.